The first-order valence-electron chi connectivity index (χ1n) is 5.38. The van der Waals surface area contributed by atoms with E-state index in [1.807, 2.05) is 6.33 Å². The maximum atomic E-state index is 5.56. The summed E-state index contributed by atoms with van der Waals surface area (Å²) in [6, 6.07) is 4.36. The van der Waals surface area contributed by atoms with Crippen molar-refractivity contribution >= 4 is 5.52 Å². The van der Waals surface area contributed by atoms with Crippen LogP contribution in [0.1, 0.15) is 31.0 Å². The number of aromatic nitrogens is 2. The lowest BCUT2D eigenvalue weighted by atomic mass is 10.0. The van der Waals surface area contributed by atoms with Gasteiger partial charge in [-0.25, -0.2) is 4.98 Å². The summed E-state index contributed by atoms with van der Waals surface area (Å²) in [4.78, 5) is 4.37. The molecule has 0 spiro atoms. The summed E-state index contributed by atoms with van der Waals surface area (Å²) in [7, 11) is 0. The molecule has 3 heteroatoms. The highest BCUT2D eigenvalue weighted by atomic mass is 15.0. The molecule has 0 saturated heterocycles. The second kappa shape index (κ2) is 4.03. The van der Waals surface area contributed by atoms with E-state index in [1.54, 1.807) is 0 Å². The lowest BCUT2D eigenvalue weighted by Gasteiger charge is -2.06. The fraction of sp³-hybridized carbons (Fsp3) is 0.417. The molecule has 0 fully saturated rings. The smallest absolute Gasteiger partial charge is 0.0995 e. The molecule has 2 aromatic rings. The van der Waals surface area contributed by atoms with Crippen molar-refractivity contribution in [2.75, 3.05) is 6.54 Å². The fourth-order valence-electron chi connectivity index (χ4n) is 1.75. The third-order valence-electron chi connectivity index (χ3n) is 2.69. The number of fused-ring (bicyclic) bond motifs is 1. The van der Waals surface area contributed by atoms with Crippen LogP contribution in [0.15, 0.2) is 24.7 Å². The normalized spacial score (nSPS) is 11.5. The van der Waals surface area contributed by atoms with Crippen LogP contribution in [0.3, 0.4) is 0 Å². The highest BCUT2D eigenvalue weighted by Crippen LogP contribution is 2.18. The quantitative estimate of drug-likeness (QED) is 0.828. The molecule has 2 aromatic heterocycles. The molecule has 80 valence electrons. The van der Waals surface area contributed by atoms with Gasteiger partial charge in [0.25, 0.3) is 0 Å². The van der Waals surface area contributed by atoms with Crippen molar-refractivity contribution in [2.24, 2.45) is 5.73 Å². The fourth-order valence-corrected chi connectivity index (χ4v) is 1.75. The number of pyridine rings is 1. The molecule has 0 saturated carbocycles. The zero-order valence-corrected chi connectivity index (χ0v) is 9.27. The van der Waals surface area contributed by atoms with E-state index in [4.69, 9.17) is 5.73 Å². The van der Waals surface area contributed by atoms with Crippen molar-refractivity contribution in [3.63, 3.8) is 0 Å². The molecule has 3 nitrogen and oxygen atoms in total. The van der Waals surface area contributed by atoms with Gasteiger partial charge in [-0.05, 0) is 30.2 Å². The average Bonchev–Trinajstić information content (AvgIpc) is 2.61. The highest BCUT2D eigenvalue weighted by molar-refractivity contribution is 5.54. The van der Waals surface area contributed by atoms with Crippen molar-refractivity contribution in [2.45, 2.75) is 26.2 Å². The Morgan fingerprint density at radius 3 is 2.93 bits per heavy atom. The van der Waals surface area contributed by atoms with Gasteiger partial charge < -0.3 is 10.1 Å². The van der Waals surface area contributed by atoms with Crippen molar-refractivity contribution in [1.82, 2.24) is 9.38 Å². The van der Waals surface area contributed by atoms with Gasteiger partial charge in [0.05, 0.1) is 17.5 Å². The first-order valence-corrected chi connectivity index (χ1v) is 5.38. The second-order valence-electron chi connectivity index (χ2n) is 4.14. The molecule has 0 unspecified atom stereocenters. The van der Waals surface area contributed by atoms with Gasteiger partial charge in [0.1, 0.15) is 0 Å². The summed E-state index contributed by atoms with van der Waals surface area (Å²) in [6.07, 6.45) is 4.76. The second-order valence-corrected chi connectivity index (χ2v) is 4.14. The third-order valence-corrected chi connectivity index (χ3v) is 2.69. The minimum Gasteiger partial charge on any atom is -0.330 e. The first-order chi connectivity index (χ1) is 7.22. The number of nitrogens with zero attached hydrogens (tertiary/aromatic N) is 2. The van der Waals surface area contributed by atoms with Crippen molar-refractivity contribution in [3.8, 4) is 0 Å². The summed E-state index contributed by atoms with van der Waals surface area (Å²) in [5.74, 6) is 0.552. The number of hydrogen-bond donors (Lipinski definition) is 1. The standard InChI is InChI=1S/C12H17N3/c1-9(2)10-4-6-15-8-14-11(3-5-13)12(15)7-10/h4,6-9H,3,5,13H2,1-2H3. The van der Waals surface area contributed by atoms with E-state index in [9.17, 15) is 0 Å². The minimum absolute atomic E-state index is 0.552. The first kappa shape index (κ1) is 10.2. The van der Waals surface area contributed by atoms with Gasteiger partial charge in [-0.15, -0.1) is 0 Å². The van der Waals surface area contributed by atoms with Gasteiger partial charge in [0.2, 0.25) is 0 Å². The lowest BCUT2D eigenvalue weighted by Crippen LogP contribution is -2.03. The molecular weight excluding hydrogens is 186 g/mol. The van der Waals surface area contributed by atoms with E-state index < -0.39 is 0 Å². The van der Waals surface area contributed by atoms with Crippen LogP contribution in [-0.2, 0) is 6.42 Å². The molecule has 0 aliphatic heterocycles. The summed E-state index contributed by atoms with van der Waals surface area (Å²) >= 11 is 0. The number of nitrogens with two attached hydrogens (primary N) is 1. The molecule has 0 atom stereocenters. The average molecular weight is 203 g/mol. The van der Waals surface area contributed by atoms with Gasteiger partial charge in [-0.3, -0.25) is 0 Å². The van der Waals surface area contributed by atoms with E-state index >= 15 is 0 Å². The Bertz CT molecular complexity index is 457. The van der Waals surface area contributed by atoms with Crippen LogP contribution in [-0.4, -0.2) is 15.9 Å². The molecule has 0 aromatic carbocycles. The Labute approximate surface area is 89.9 Å². The zero-order chi connectivity index (χ0) is 10.8. The maximum Gasteiger partial charge on any atom is 0.0995 e. The van der Waals surface area contributed by atoms with E-state index in [0.29, 0.717) is 12.5 Å². The molecule has 15 heavy (non-hydrogen) atoms. The van der Waals surface area contributed by atoms with Crippen molar-refractivity contribution in [1.29, 1.82) is 0 Å². The van der Waals surface area contributed by atoms with Crippen LogP contribution < -0.4 is 5.73 Å². The molecule has 2 N–H and O–H groups in total. The van der Waals surface area contributed by atoms with Gasteiger partial charge in [0.15, 0.2) is 0 Å². The predicted molar refractivity (Wildman–Crippen MR) is 62.0 cm³/mol. The van der Waals surface area contributed by atoms with E-state index in [2.05, 4.69) is 41.6 Å². The van der Waals surface area contributed by atoms with E-state index in [0.717, 1.165) is 12.1 Å². The van der Waals surface area contributed by atoms with Gasteiger partial charge >= 0.3 is 0 Å². The minimum atomic E-state index is 0.552. The van der Waals surface area contributed by atoms with E-state index in [-0.39, 0.29) is 0 Å². The molecule has 2 heterocycles. The largest absolute Gasteiger partial charge is 0.330 e. The van der Waals surface area contributed by atoms with Crippen molar-refractivity contribution in [3.05, 3.63) is 35.9 Å². The monoisotopic (exact) mass is 203 g/mol. The molecule has 2 rings (SSSR count). The molecule has 0 aliphatic rings. The Morgan fingerprint density at radius 2 is 2.27 bits per heavy atom. The summed E-state index contributed by atoms with van der Waals surface area (Å²) in [5, 5.41) is 0. The molecular formula is C12H17N3. The maximum absolute atomic E-state index is 5.56. The molecule has 0 amide bonds. The van der Waals surface area contributed by atoms with Crippen LogP contribution in [0, 0.1) is 0 Å². The number of rotatable bonds is 3. The van der Waals surface area contributed by atoms with Crippen molar-refractivity contribution < 1.29 is 0 Å². The number of imidazole rings is 1. The number of hydrogen-bond acceptors (Lipinski definition) is 2. The predicted octanol–water partition coefficient (Wildman–Crippen LogP) is 1.96. The Hall–Kier alpha value is -1.35. The SMILES string of the molecule is CC(C)c1ccn2cnc(CCN)c2c1. The summed E-state index contributed by atoms with van der Waals surface area (Å²) in [6.45, 7) is 5.05. The van der Waals surface area contributed by atoms with E-state index in [1.165, 1.54) is 11.1 Å². The Morgan fingerprint density at radius 1 is 1.47 bits per heavy atom. The third kappa shape index (κ3) is 1.88. The van der Waals surface area contributed by atoms with Gasteiger partial charge in [-0.1, -0.05) is 13.8 Å². The van der Waals surface area contributed by atoms with Crippen LogP contribution in [0.4, 0.5) is 0 Å². The van der Waals surface area contributed by atoms with Crippen LogP contribution in [0.25, 0.3) is 5.52 Å². The Kier molecular flexibility index (Phi) is 2.73. The zero-order valence-electron chi connectivity index (χ0n) is 9.27. The van der Waals surface area contributed by atoms with Crippen LogP contribution in [0.2, 0.25) is 0 Å². The topological polar surface area (TPSA) is 43.3 Å². The lowest BCUT2D eigenvalue weighted by molar-refractivity contribution is 0.863. The van der Waals surface area contributed by atoms with Gasteiger partial charge in [-0.2, -0.15) is 0 Å². The molecule has 0 bridgehead atoms. The highest BCUT2D eigenvalue weighted by Gasteiger charge is 2.05. The summed E-state index contributed by atoms with van der Waals surface area (Å²) in [5.41, 5.74) is 9.19. The van der Waals surface area contributed by atoms with Gasteiger partial charge in [0, 0.05) is 12.6 Å². The summed E-state index contributed by atoms with van der Waals surface area (Å²) < 4.78 is 2.05. The van der Waals surface area contributed by atoms with Crippen LogP contribution >= 0.6 is 0 Å². The van der Waals surface area contributed by atoms with Crippen LogP contribution in [0.5, 0.6) is 0 Å². The molecule has 0 aliphatic carbocycles. The molecule has 0 radical (unpaired) electrons. The Balaban J connectivity index is 2.51.